The first-order valence-corrected chi connectivity index (χ1v) is 9.53. The second-order valence-corrected chi connectivity index (χ2v) is 7.94. The zero-order chi connectivity index (χ0) is 17.3. The largest absolute Gasteiger partial charge is 0.276 e. The van der Waals surface area contributed by atoms with Crippen LogP contribution in [0.15, 0.2) is 41.6 Å². The summed E-state index contributed by atoms with van der Waals surface area (Å²) in [5, 5.41) is 4.08. The molecule has 1 N–H and O–H groups in total. The number of aromatic nitrogens is 2. The van der Waals surface area contributed by atoms with Crippen LogP contribution < -0.4 is 4.72 Å². The number of benzene rings is 1. The lowest BCUT2D eigenvalue weighted by Crippen LogP contribution is -2.32. The third kappa shape index (κ3) is 3.51. The summed E-state index contributed by atoms with van der Waals surface area (Å²) in [6.07, 6.45) is 6.14. The number of hydrogen-bond donors (Lipinski definition) is 1. The van der Waals surface area contributed by atoms with Crippen molar-refractivity contribution in [1.29, 1.82) is 0 Å². The van der Waals surface area contributed by atoms with E-state index >= 15 is 0 Å². The Morgan fingerprint density at radius 1 is 1.33 bits per heavy atom. The van der Waals surface area contributed by atoms with Crippen molar-refractivity contribution >= 4 is 15.9 Å². The van der Waals surface area contributed by atoms with E-state index in [1.54, 1.807) is 35.1 Å². The molecule has 0 unspecified atom stereocenters. The number of nitrogens with one attached hydrogen (secondary N) is 1. The van der Waals surface area contributed by atoms with Crippen LogP contribution in [-0.2, 0) is 28.3 Å². The first-order chi connectivity index (χ1) is 11.4. The van der Waals surface area contributed by atoms with Gasteiger partial charge in [-0.15, -0.1) is 0 Å². The number of carbonyl (C=O) groups is 1. The number of amides is 1. The highest BCUT2D eigenvalue weighted by molar-refractivity contribution is 7.90. The Morgan fingerprint density at radius 2 is 2.04 bits per heavy atom. The second kappa shape index (κ2) is 6.39. The van der Waals surface area contributed by atoms with Gasteiger partial charge in [0.25, 0.3) is 10.0 Å². The van der Waals surface area contributed by atoms with Crippen LogP contribution in [0.25, 0.3) is 0 Å². The van der Waals surface area contributed by atoms with Gasteiger partial charge < -0.3 is 0 Å². The second-order valence-electron chi connectivity index (χ2n) is 6.26. The fourth-order valence-corrected chi connectivity index (χ4v) is 3.90. The van der Waals surface area contributed by atoms with Crippen molar-refractivity contribution in [2.24, 2.45) is 13.0 Å². The molecule has 3 rings (SSSR count). The third-order valence-corrected chi connectivity index (χ3v) is 5.65. The molecule has 0 saturated heterocycles. The molecule has 2 atom stereocenters. The molecule has 128 valence electrons. The van der Waals surface area contributed by atoms with Gasteiger partial charge in [0.15, 0.2) is 0 Å². The molecule has 0 bridgehead atoms. The van der Waals surface area contributed by atoms with Gasteiger partial charge in [0.1, 0.15) is 0 Å². The summed E-state index contributed by atoms with van der Waals surface area (Å²) < 4.78 is 28.6. The molecule has 1 amide bonds. The molecule has 0 spiro atoms. The topological polar surface area (TPSA) is 81.1 Å². The van der Waals surface area contributed by atoms with Crippen LogP contribution in [0.5, 0.6) is 0 Å². The van der Waals surface area contributed by atoms with E-state index in [9.17, 15) is 13.2 Å². The molecule has 6 nitrogen and oxygen atoms in total. The molecule has 1 heterocycles. The average molecular weight is 347 g/mol. The quantitative estimate of drug-likeness (QED) is 0.866. The highest BCUT2D eigenvalue weighted by Crippen LogP contribution is 2.47. The minimum Gasteiger partial charge on any atom is -0.276 e. The number of aryl methyl sites for hydroxylation is 2. The maximum Gasteiger partial charge on any atom is 0.264 e. The summed E-state index contributed by atoms with van der Waals surface area (Å²) in [6, 6.07) is 6.68. The standard InChI is InChI=1S/C17H21N3O3S/c1-3-4-12-5-7-14(8-6-12)24(22,23)19-17(21)16-9-15(16)13-10-18-20(2)11-13/h5-8,10-11,15-16H,3-4,9H2,1-2H3,(H,19,21)/t15-,16+/m1/s1. The SMILES string of the molecule is CCCc1ccc(S(=O)(=O)NC(=O)[C@H]2C[C@@H]2c2cnn(C)c2)cc1. The van der Waals surface area contributed by atoms with Crippen LogP contribution in [0.4, 0.5) is 0 Å². The van der Waals surface area contributed by atoms with Crippen LogP contribution in [0.2, 0.25) is 0 Å². The Balaban J connectivity index is 1.65. The fraction of sp³-hybridized carbons (Fsp3) is 0.412. The highest BCUT2D eigenvalue weighted by Gasteiger charge is 2.45. The van der Waals surface area contributed by atoms with E-state index in [0.29, 0.717) is 6.42 Å². The Kier molecular flexibility index (Phi) is 4.45. The van der Waals surface area contributed by atoms with Gasteiger partial charge in [0.2, 0.25) is 5.91 Å². The summed E-state index contributed by atoms with van der Waals surface area (Å²) in [5.41, 5.74) is 2.06. The van der Waals surface area contributed by atoms with Crippen molar-refractivity contribution in [3.8, 4) is 0 Å². The number of nitrogens with zero attached hydrogens (tertiary/aromatic N) is 2. The zero-order valence-electron chi connectivity index (χ0n) is 13.8. The first-order valence-electron chi connectivity index (χ1n) is 8.05. The predicted octanol–water partition coefficient (Wildman–Crippen LogP) is 1.98. The van der Waals surface area contributed by atoms with Gasteiger partial charge in [0, 0.05) is 19.2 Å². The van der Waals surface area contributed by atoms with Crippen LogP contribution >= 0.6 is 0 Å². The molecular formula is C17H21N3O3S. The molecular weight excluding hydrogens is 326 g/mol. The van der Waals surface area contributed by atoms with Crippen molar-refractivity contribution < 1.29 is 13.2 Å². The van der Waals surface area contributed by atoms with Crippen LogP contribution in [0.1, 0.15) is 36.8 Å². The molecule has 24 heavy (non-hydrogen) atoms. The summed E-state index contributed by atoms with van der Waals surface area (Å²) in [7, 11) is -2.00. The summed E-state index contributed by atoms with van der Waals surface area (Å²) in [4.78, 5) is 12.4. The minimum absolute atomic E-state index is 0.0563. The summed E-state index contributed by atoms with van der Waals surface area (Å²) in [6.45, 7) is 2.07. The van der Waals surface area contributed by atoms with Gasteiger partial charge in [-0.1, -0.05) is 25.5 Å². The maximum atomic E-state index is 12.3. The predicted molar refractivity (Wildman–Crippen MR) is 89.8 cm³/mol. The lowest BCUT2D eigenvalue weighted by Gasteiger charge is -2.07. The van der Waals surface area contributed by atoms with Crippen molar-refractivity contribution in [1.82, 2.24) is 14.5 Å². The monoisotopic (exact) mass is 347 g/mol. The Labute approximate surface area is 141 Å². The van der Waals surface area contributed by atoms with Gasteiger partial charge in [-0.25, -0.2) is 13.1 Å². The van der Waals surface area contributed by atoms with Crippen molar-refractivity contribution in [2.45, 2.75) is 37.0 Å². The van der Waals surface area contributed by atoms with Crippen LogP contribution in [0, 0.1) is 5.92 Å². The molecule has 1 saturated carbocycles. The Hall–Kier alpha value is -2.15. The number of carbonyl (C=O) groups excluding carboxylic acids is 1. The van der Waals surface area contributed by atoms with E-state index in [0.717, 1.165) is 24.0 Å². The molecule has 1 aromatic carbocycles. The number of sulfonamides is 1. The van der Waals surface area contributed by atoms with Gasteiger partial charge >= 0.3 is 0 Å². The molecule has 1 aromatic heterocycles. The van der Waals surface area contributed by atoms with Crippen molar-refractivity contribution in [3.63, 3.8) is 0 Å². The Bertz CT molecular complexity index is 840. The Morgan fingerprint density at radius 3 is 2.62 bits per heavy atom. The van der Waals surface area contributed by atoms with E-state index in [4.69, 9.17) is 0 Å². The molecule has 1 aliphatic carbocycles. The highest BCUT2D eigenvalue weighted by atomic mass is 32.2. The van der Waals surface area contributed by atoms with Crippen molar-refractivity contribution in [3.05, 3.63) is 47.8 Å². The molecule has 0 radical (unpaired) electrons. The first kappa shape index (κ1) is 16.7. The van der Waals surface area contributed by atoms with E-state index in [1.807, 2.05) is 13.2 Å². The van der Waals surface area contributed by atoms with Crippen molar-refractivity contribution in [2.75, 3.05) is 0 Å². The lowest BCUT2D eigenvalue weighted by molar-refractivity contribution is -0.120. The van der Waals surface area contributed by atoms with E-state index < -0.39 is 15.9 Å². The normalized spacial score (nSPS) is 19.9. The minimum atomic E-state index is -3.82. The molecule has 7 heteroatoms. The summed E-state index contributed by atoms with van der Waals surface area (Å²) >= 11 is 0. The van der Waals surface area contributed by atoms with Gasteiger partial charge in [0.05, 0.1) is 11.1 Å². The molecule has 0 aliphatic heterocycles. The third-order valence-electron chi connectivity index (χ3n) is 4.29. The summed E-state index contributed by atoms with van der Waals surface area (Å²) in [5.74, 6) is -0.689. The van der Waals surface area contributed by atoms with Gasteiger partial charge in [-0.05, 0) is 42.0 Å². The average Bonchev–Trinajstić information content (AvgIpc) is 3.23. The number of hydrogen-bond acceptors (Lipinski definition) is 4. The van der Waals surface area contributed by atoms with E-state index in [2.05, 4.69) is 16.7 Å². The van der Waals surface area contributed by atoms with E-state index in [1.165, 1.54) is 0 Å². The van der Waals surface area contributed by atoms with E-state index in [-0.39, 0.29) is 16.7 Å². The maximum absolute atomic E-state index is 12.3. The van der Waals surface area contributed by atoms with Gasteiger partial charge in [-0.2, -0.15) is 5.10 Å². The molecule has 1 aliphatic rings. The van der Waals surface area contributed by atoms with Gasteiger partial charge in [-0.3, -0.25) is 9.48 Å². The fourth-order valence-electron chi connectivity index (χ4n) is 2.88. The lowest BCUT2D eigenvalue weighted by atomic mass is 10.1. The smallest absolute Gasteiger partial charge is 0.264 e. The molecule has 1 fully saturated rings. The van der Waals surface area contributed by atoms with Crippen LogP contribution in [-0.4, -0.2) is 24.1 Å². The number of rotatable bonds is 6. The van der Waals surface area contributed by atoms with Crippen LogP contribution in [0.3, 0.4) is 0 Å². The molecule has 2 aromatic rings. The zero-order valence-corrected chi connectivity index (χ0v) is 14.6.